The molecular formula is C27H30N2O7. The summed E-state index contributed by atoms with van der Waals surface area (Å²) in [5.41, 5.74) is 1.99. The Hall–Kier alpha value is -4.08. The van der Waals surface area contributed by atoms with E-state index in [2.05, 4.69) is 0 Å². The van der Waals surface area contributed by atoms with Crippen LogP contribution in [-0.2, 0) is 32.5 Å². The number of benzene rings is 3. The van der Waals surface area contributed by atoms with Crippen molar-refractivity contribution >= 4 is 23.2 Å². The van der Waals surface area contributed by atoms with Crippen molar-refractivity contribution in [2.45, 2.75) is 27.1 Å². The first kappa shape index (κ1) is 26.5. The van der Waals surface area contributed by atoms with Crippen molar-refractivity contribution in [2.24, 2.45) is 0 Å². The molecule has 0 N–H and O–H groups in total. The zero-order chi connectivity index (χ0) is 26.1. The molecule has 0 atom stereocenters. The van der Waals surface area contributed by atoms with Crippen LogP contribution < -0.4 is 24.3 Å². The number of anilines is 2. The molecule has 3 aromatic carbocycles. The van der Waals surface area contributed by atoms with Gasteiger partial charge in [0.2, 0.25) is 17.6 Å². The van der Waals surface area contributed by atoms with E-state index in [0.717, 1.165) is 21.3 Å². The highest BCUT2D eigenvalue weighted by molar-refractivity contribution is 6.02. The molecule has 3 aromatic rings. The SMILES string of the molecule is COc1cc(N(OCc2ccccc2)C(C)=O)c(N(OCc2ccccc2)C(C)=O)c(OC)c1OC. The van der Waals surface area contributed by atoms with Gasteiger partial charge < -0.3 is 14.2 Å². The molecule has 0 saturated carbocycles. The van der Waals surface area contributed by atoms with E-state index in [0.29, 0.717) is 0 Å². The molecule has 190 valence electrons. The largest absolute Gasteiger partial charge is 0.493 e. The van der Waals surface area contributed by atoms with Gasteiger partial charge in [0.1, 0.15) is 24.6 Å². The van der Waals surface area contributed by atoms with E-state index in [1.54, 1.807) is 0 Å². The van der Waals surface area contributed by atoms with Gasteiger partial charge in [-0.3, -0.25) is 19.3 Å². The number of ether oxygens (including phenoxy) is 3. The Morgan fingerprint density at radius 2 is 1.14 bits per heavy atom. The van der Waals surface area contributed by atoms with Crippen LogP contribution in [0.5, 0.6) is 17.2 Å². The van der Waals surface area contributed by atoms with E-state index < -0.39 is 11.8 Å². The first-order chi connectivity index (χ1) is 17.4. The smallest absolute Gasteiger partial charge is 0.247 e. The fourth-order valence-corrected chi connectivity index (χ4v) is 3.55. The minimum atomic E-state index is -0.454. The second-order valence-corrected chi connectivity index (χ2v) is 7.66. The molecule has 0 saturated heterocycles. The fraction of sp³-hybridized carbons (Fsp3) is 0.259. The summed E-state index contributed by atoms with van der Waals surface area (Å²) in [5.74, 6) is -0.268. The molecule has 0 fully saturated rings. The van der Waals surface area contributed by atoms with Crippen LogP contribution in [0.25, 0.3) is 0 Å². The highest BCUT2D eigenvalue weighted by Crippen LogP contribution is 2.51. The van der Waals surface area contributed by atoms with Gasteiger partial charge in [-0.2, -0.15) is 10.1 Å². The van der Waals surface area contributed by atoms with Gasteiger partial charge in [0, 0.05) is 19.9 Å². The molecular weight excluding hydrogens is 464 g/mol. The molecule has 0 heterocycles. The highest BCUT2D eigenvalue weighted by Gasteiger charge is 2.32. The lowest BCUT2D eigenvalue weighted by Gasteiger charge is -2.30. The van der Waals surface area contributed by atoms with E-state index in [4.69, 9.17) is 23.9 Å². The maximum absolute atomic E-state index is 12.8. The summed E-state index contributed by atoms with van der Waals surface area (Å²) in [7, 11) is 4.32. The van der Waals surface area contributed by atoms with Crippen molar-refractivity contribution < 1.29 is 33.5 Å². The van der Waals surface area contributed by atoms with Crippen molar-refractivity contribution in [3.05, 3.63) is 77.9 Å². The van der Waals surface area contributed by atoms with E-state index in [1.807, 2.05) is 60.7 Å². The lowest BCUT2D eigenvalue weighted by molar-refractivity contribution is -0.125. The van der Waals surface area contributed by atoms with Crippen LogP contribution in [0.3, 0.4) is 0 Å². The van der Waals surface area contributed by atoms with Gasteiger partial charge >= 0.3 is 0 Å². The normalized spacial score (nSPS) is 10.5. The molecule has 0 unspecified atom stereocenters. The number of hydroxylamine groups is 2. The van der Waals surface area contributed by atoms with Gasteiger partial charge in [0.05, 0.1) is 21.3 Å². The van der Waals surface area contributed by atoms with E-state index in [9.17, 15) is 9.59 Å². The number of rotatable bonds is 11. The molecule has 0 aliphatic rings. The van der Waals surface area contributed by atoms with E-state index >= 15 is 0 Å². The minimum absolute atomic E-state index is 0.0856. The first-order valence-electron chi connectivity index (χ1n) is 11.2. The minimum Gasteiger partial charge on any atom is -0.493 e. The molecule has 0 spiro atoms. The molecule has 0 aromatic heterocycles. The molecule has 36 heavy (non-hydrogen) atoms. The van der Waals surface area contributed by atoms with Crippen LogP contribution in [0, 0.1) is 0 Å². The monoisotopic (exact) mass is 494 g/mol. The molecule has 0 aliphatic heterocycles. The van der Waals surface area contributed by atoms with Gasteiger partial charge in [-0.05, 0) is 11.1 Å². The zero-order valence-corrected chi connectivity index (χ0v) is 21.0. The molecule has 2 amide bonds. The molecule has 9 heteroatoms. The Morgan fingerprint density at radius 1 is 0.667 bits per heavy atom. The average Bonchev–Trinajstić information content (AvgIpc) is 2.89. The third-order valence-electron chi connectivity index (χ3n) is 5.18. The number of carbonyl (C=O) groups excluding carboxylic acids is 2. The Labute approximate surface area is 210 Å². The average molecular weight is 495 g/mol. The maximum Gasteiger partial charge on any atom is 0.247 e. The molecule has 3 rings (SSSR count). The van der Waals surface area contributed by atoms with Crippen molar-refractivity contribution in [2.75, 3.05) is 31.5 Å². The standard InChI is InChI=1S/C27H30N2O7/c1-19(30)28(35-17-21-12-8-6-9-13-21)23-16-24(32-3)26(33-4)27(34-5)25(23)29(20(2)31)36-18-22-14-10-7-11-15-22/h6-16H,17-18H2,1-5H3. The van der Waals surface area contributed by atoms with Crippen LogP contribution in [0.2, 0.25) is 0 Å². The number of amides is 2. The Bertz CT molecular complexity index is 1170. The second kappa shape index (κ2) is 12.6. The summed E-state index contributed by atoms with van der Waals surface area (Å²) in [4.78, 5) is 37.5. The summed E-state index contributed by atoms with van der Waals surface area (Å²) < 4.78 is 16.7. The van der Waals surface area contributed by atoms with Gasteiger partial charge in [-0.1, -0.05) is 60.7 Å². The fourth-order valence-electron chi connectivity index (χ4n) is 3.55. The summed E-state index contributed by atoms with van der Waals surface area (Å²) in [6.07, 6.45) is 0. The summed E-state index contributed by atoms with van der Waals surface area (Å²) in [6, 6.07) is 20.3. The summed E-state index contributed by atoms with van der Waals surface area (Å²) >= 11 is 0. The van der Waals surface area contributed by atoms with Gasteiger partial charge in [0.25, 0.3) is 0 Å². The predicted octanol–water partition coefficient (Wildman–Crippen LogP) is 4.68. The van der Waals surface area contributed by atoms with Gasteiger partial charge in [-0.25, -0.2) is 0 Å². The summed E-state index contributed by atoms with van der Waals surface area (Å²) in [6.45, 7) is 2.87. The van der Waals surface area contributed by atoms with Crippen LogP contribution in [0.1, 0.15) is 25.0 Å². The van der Waals surface area contributed by atoms with Crippen molar-refractivity contribution in [3.63, 3.8) is 0 Å². The number of hydrogen-bond donors (Lipinski definition) is 0. The summed E-state index contributed by atoms with van der Waals surface area (Å²) in [5, 5.41) is 2.14. The molecule has 9 nitrogen and oxygen atoms in total. The number of methoxy groups -OCH3 is 3. The maximum atomic E-state index is 12.8. The van der Waals surface area contributed by atoms with Crippen LogP contribution in [-0.4, -0.2) is 33.1 Å². The second-order valence-electron chi connectivity index (χ2n) is 7.66. The van der Waals surface area contributed by atoms with E-state index in [-0.39, 0.29) is 41.8 Å². The van der Waals surface area contributed by atoms with Crippen molar-refractivity contribution in [1.29, 1.82) is 0 Å². The zero-order valence-electron chi connectivity index (χ0n) is 21.0. The number of hydrogen-bond acceptors (Lipinski definition) is 7. The van der Waals surface area contributed by atoms with Crippen LogP contribution in [0.4, 0.5) is 11.4 Å². The molecule has 0 bridgehead atoms. The van der Waals surface area contributed by atoms with Crippen LogP contribution >= 0.6 is 0 Å². The quantitative estimate of drug-likeness (QED) is 0.358. The Balaban J connectivity index is 2.14. The highest BCUT2D eigenvalue weighted by atomic mass is 16.7. The third kappa shape index (κ3) is 6.12. The Morgan fingerprint density at radius 3 is 1.56 bits per heavy atom. The molecule has 0 aliphatic carbocycles. The topological polar surface area (TPSA) is 86.8 Å². The van der Waals surface area contributed by atoms with E-state index in [1.165, 1.54) is 41.2 Å². The third-order valence-corrected chi connectivity index (χ3v) is 5.18. The van der Waals surface area contributed by atoms with Crippen molar-refractivity contribution in [1.82, 2.24) is 0 Å². The van der Waals surface area contributed by atoms with Crippen molar-refractivity contribution in [3.8, 4) is 17.2 Å². The molecule has 0 radical (unpaired) electrons. The van der Waals surface area contributed by atoms with Gasteiger partial charge in [-0.15, -0.1) is 0 Å². The number of carbonyl (C=O) groups is 2. The Kier molecular flexibility index (Phi) is 9.26. The van der Waals surface area contributed by atoms with Crippen LogP contribution in [0.15, 0.2) is 66.7 Å². The van der Waals surface area contributed by atoms with Gasteiger partial charge in [0.15, 0.2) is 11.5 Å². The predicted molar refractivity (Wildman–Crippen MR) is 135 cm³/mol. The first-order valence-corrected chi connectivity index (χ1v) is 11.2. The lowest BCUT2D eigenvalue weighted by atomic mass is 10.2. The lowest BCUT2D eigenvalue weighted by Crippen LogP contribution is -2.34. The number of nitrogens with zero attached hydrogens (tertiary/aromatic N) is 2.